The molecule has 0 bridgehead atoms. The molecule has 0 aliphatic carbocycles. The van der Waals surface area contributed by atoms with Crippen LogP contribution in [0.4, 0.5) is 11.4 Å². The highest BCUT2D eigenvalue weighted by Crippen LogP contribution is 2.26. The van der Waals surface area contributed by atoms with Gasteiger partial charge in [-0.05, 0) is 35.9 Å². The fourth-order valence-electron chi connectivity index (χ4n) is 4.05. The number of rotatable bonds is 7. The zero-order valence-corrected chi connectivity index (χ0v) is 20.1. The monoisotopic (exact) mass is 483 g/mol. The average Bonchev–Trinajstić information content (AvgIpc) is 3.27. The summed E-state index contributed by atoms with van der Waals surface area (Å²) in [6, 6.07) is 12.0. The molecule has 1 fully saturated rings. The number of hydrogen-bond donors (Lipinski definition) is 2. The number of ether oxygens (including phenoxy) is 1. The average molecular weight is 484 g/mol. The van der Waals surface area contributed by atoms with Gasteiger partial charge in [0.2, 0.25) is 10.0 Å². The van der Waals surface area contributed by atoms with Crippen LogP contribution in [0.3, 0.4) is 0 Å². The molecule has 34 heavy (non-hydrogen) atoms. The zero-order chi connectivity index (χ0) is 24.3. The van der Waals surface area contributed by atoms with Gasteiger partial charge in [-0.25, -0.2) is 18.5 Å². The van der Waals surface area contributed by atoms with Crippen molar-refractivity contribution in [2.45, 2.75) is 31.2 Å². The molecular formula is C24H29N5O4S. The second-order valence-corrected chi connectivity index (χ2v) is 10.1. The molecule has 0 unspecified atom stereocenters. The number of amides is 1. The van der Waals surface area contributed by atoms with Crippen molar-refractivity contribution >= 4 is 27.3 Å². The maximum atomic E-state index is 13.3. The molecular weight excluding hydrogens is 454 g/mol. The van der Waals surface area contributed by atoms with Crippen LogP contribution in [0.5, 0.6) is 0 Å². The summed E-state index contributed by atoms with van der Waals surface area (Å²) in [4.78, 5) is 19.6. The van der Waals surface area contributed by atoms with Gasteiger partial charge < -0.3 is 19.5 Å². The molecule has 2 heterocycles. The number of carbonyl (C=O) groups excluding carboxylic acids is 1. The number of nitrogens with two attached hydrogens (primary N) is 1. The molecule has 0 spiro atoms. The van der Waals surface area contributed by atoms with Gasteiger partial charge >= 0.3 is 0 Å². The lowest BCUT2D eigenvalue weighted by Crippen LogP contribution is -2.37. The van der Waals surface area contributed by atoms with Gasteiger partial charge in [0.25, 0.3) is 5.91 Å². The van der Waals surface area contributed by atoms with E-state index in [9.17, 15) is 13.2 Å². The first kappa shape index (κ1) is 23.9. The standard InChI is InChI=1S/C24H29N5O4S/c1-17(2)23-26-8-9-29(23)16-18-4-3-5-19(14-18)27-24(30)21-15-20(34(25,31)32)6-7-22(21)28-10-12-33-13-11-28/h3-9,14-15,17H,10-13,16H2,1-2H3,(H,27,30)(H2,25,31,32). The Labute approximate surface area is 199 Å². The van der Waals surface area contributed by atoms with Crippen molar-refractivity contribution in [3.8, 4) is 0 Å². The van der Waals surface area contributed by atoms with E-state index in [4.69, 9.17) is 9.88 Å². The van der Waals surface area contributed by atoms with E-state index in [2.05, 4.69) is 28.7 Å². The first-order valence-corrected chi connectivity index (χ1v) is 12.7. The van der Waals surface area contributed by atoms with E-state index in [0.717, 1.165) is 11.4 Å². The number of anilines is 2. The molecule has 1 amide bonds. The molecule has 1 aliphatic heterocycles. The van der Waals surface area contributed by atoms with Gasteiger partial charge in [-0.2, -0.15) is 0 Å². The Morgan fingerprint density at radius 1 is 1.18 bits per heavy atom. The van der Waals surface area contributed by atoms with Crippen LogP contribution in [-0.2, 0) is 21.3 Å². The molecule has 1 aliphatic rings. The second-order valence-electron chi connectivity index (χ2n) is 8.55. The van der Waals surface area contributed by atoms with Crippen LogP contribution < -0.4 is 15.4 Å². The third kappa shape index (κ3) is 5.46. The Balaban J connectivity index is 1.60. The number of primary sulfonamides is 1. The van der Waals surface area contributed by atoms with Gasteiger partial charge in [0.05, 0.1) is 23.7 Å². The molecule has 10 heteroatoms. The van der Waals surface area contributed by atoms with E-state index in [-0.39, 0.29) is 10.5 Å². The minimum absolute atomic E-state index is 0.107. The molecule has 0 saturated carbocycles. The molecule has 1 aromatic heterocycles. The Hall–Kier alpha value is -3.21. The molecule has 0 atom stereocenters. The summed E-state index contributed by atoms with van der Waals surface area (Å²) in [5.41, 5.74) is 2.51. The lowest BCUT2D eigenvalue weighted by molar-refractivity contribution is 0.102. The quantitative estimate of drug-likeness (QED) is 0.533. The van der Waals surface area contributed by atoms with Crippen molar-refractivity contribution < 1.29 is 17.9 Å². The number of hydrogen-bond acceptors (Lipinski definition) is 6. The van der Waals surface area contributed by atoms with E-state index in [1.54, 1.807) is 18.3 Å². The summed E-state index contributed by atoms with van der Waals surface area (Å²) >= 11 is 0. The van der Waals surface area contributed by atoms with Gasteiger partial charge in [-0.3, -0.25) is 4.79 Å². The number of sulfonamides is 1. The summed E-state index contributed by atoms with van der Waals surface area (Å²) in [7, 11) is -3.96. The van der Waals surface area contributed by atoms with Gasteiger partial charge in [0.1, 0.15) is 5.82 Å². The lowest BCUT2D eigenvalue weighted by atomic mass is 10.1. The summed E-state index contributed by atoms with van der Waals surface area (Å²) in [6.07, 6.45) is 3.72. The van der Waals surface area contributed by atoms with Crippen molar-refractivity contribution in [3.63, 3.8) is 0 Å². The number of benzene rings is 2. The predicted octanol–water partition coefficient (Wildman–Crippen LogP) is 2.79. The number of morpholine rings is 1. The third-order valence-corrected chi connectivity index (χ3v) is 6.61. The normalized spacial score (nSPS) is 14.4. The largest absolute Gasteiger partial charge is 0.378 e. The fraction of sp³-hybridized carbons (Fsp3) is 0.333. The lowest BCUT2D eigenvalue weighted by Gasteiger charge is -2.30. The molecule has 4 rings (SSSR count). The zero-order valence-electron chi connectivity index (χ0n) is 19.3. The summed E-state index contributed by atoms with van der Waals surface area (Å²) in [5.74, 6) is 0.877. The third-order valence-electron chi connectivity index (χ3n) is 5.69. The van der Waals surface area contributed by atoms with Crippen molar-refractivity contribution in [1.82, 2.24) is 9.55 Å². The highest BCUT2D eigenvalue weighted by Gasteiger charge is 2.22. The minimum Gasteiger partial charge on any atom is -0.378 e. The minimum atomic E-state index is -3.96. The first-order valence-electron chi connectivity index (χ1n) is 11.1. The summed E-state index contributed by atoms with van der Waals surface area (Å²) < 4.78 is 31.4. The van der Waals surface area contributed by atoms with Crippen LogP contribution in [0.25, 0.3) is 0 Å². The fourth-order valence-corrected chi connectivity index (χ4v) is 4.59. The Morgan fingerprint density at radius 2 is 1.94 bits per heavy atom. The maximum Gasteiger partial charge on any atom is 0.257 e. The van der Waals surface area contributed by atoms with Crippen molar-refractivity contribution in [2.24, 2.45) is 5.14 Å². The summed E-state index contributed by atoms with van der Waals surface area (Å²) in [5, 5.41) is 8.24. The van der Waals surface area contributed by atoms with Crippen molar-refractivity contribution in [2.75, 3.05) is 36.5 Å². The first-order chi connectivity index (χ1) is 16.2. The van der Waals surface area contributed by atoms with Crippen LogP contribution in [0, 0.1) is 0 Å². The Morgan fingerprint density at radius 3 is 2.65 bits per heavy atom. The Kier molecular flexibility index (Phi) is 7.01. The van der Waals surface area contributed by atoms with Crippen molar-refractivity contribution in [3.05, 3.63) is 71.8 Å². The van der Waals surface area contributed by atoms with Crippen LogP contribution in [-0.4, -0.2) is 50.2 Å². The van der Waals surface area contributed by atoms with E-state index < -0.39 is 15.9 Å². The second kappa shape index (κ2) is 9.96. The number of carbonyl (C=O) groups is 1. The van der Waals surface area contributed by atoms with E-state index in [0.29, 0.717) is 50.1 Å². The van der Waals surface area contributed by atoms with E-state index in [1.807, 2.05) is 29.3 Å². The van der Waals surface area contributed by atoms with Crippen LogP contribution in [0.15, 0.2) is 59.8 Å². The molecule has 2 aromatic carbocycles. The number of imidazole rings is 1. The maximum absolute atomic E-state index is 13.3. The summed E-state index contributed by atoms with van der Waals surface area (Å²) in [6.45, 7) is 7.09. The molecule has 3 aromatic rings. The van der Waals surface area contributed by atoms with E-state index in [1.165, 1.54) is 12.1 Å². The van der Waals surface area contributed by atoms with Gasteiger partial charge in [-0.15, -0.1) is 0 Å². The van der Waals surface area contributed by atoms with Crippen LogP contribution in [0.1, 0.15) is 41.5 Å². The van der Waals surface area contributed by atoms with Gasteiger partial charge in [-0.1, -0.05) is 26.0 Å². The Bertz CT molecular complexity index is 1280. The number of nitrogens with zero attached hydrogens (tertiary/aromatic N) is 3. The highest BCUT2D eigenvalue weighted by atomic mass is 32.2. The predicted molar refractivity (Wildman–Crippen MR) is 131 cm³/mol. The number of aromatic nitrogens is 2. The molecule has 180 valence electrons. The van der Waals surface area contributed by atoms with E-state index >= 15 is 0 Å². The van der Waals surface area contributed by atoms with Crippen LogP contribution in [0.2, 0.25) is 0 Å². The SMILES string of the molecule is CC(C)c1nccn1Cc1cccc(NC(=O)c2cc(S(N)(=O)=O)ccc2N2CCOCC2)c1. The van der Waals surface area contributed by atoms with Crippen molar-refractivity contribution in [1.29, 1.82) is 0 Å². The topological polar surface area (TPSA) is 120 Å². The molecule has 1 saturated heterocycles. The highest BCUT2D eigenvalue weighted by molar-refractivity contribution is 7.89. The molecule has 3 N–H and O–H groups in total. The number of nitrogens with one attached hydrogen (secondary N) is 1. The van der Waals surface area contributed by atoms with Gasteiger partial charge in [0.15, 0.2) is 0 Å². The smallest absolute Gasteiger partial charge is 0.257 e. The molecule has 0 radical (unpaired) electrons. The van der Waals surface area contributed by atoms with Gasteiger partial charge in [0, 0.05) is 49.3 Å². The molecule has 9 nitrogen and oxygen atoms in total. The van der Waals surface area contributed by atoms with Crippen LogP contribution >= 0.6 is 0 Å².